The number of rotatable bonds is 4. The molecule has 2 rings (SSSR count). The van der Waals surface area contributed by atoms with Crippen LogP contribution in [0.4, 0.5) is 0 Å². The third-order valence-corrected chi connectivity index (χ3v) is 3.94. The molecular formula is C15H18BrNO3. The Balaban J connectivity index is 2.10. The van der Waals surface area contributed by atoms with Crippen molar-refractivity contribution in [2.75, 3.05) is 6.79 Å². The Morgan fingerprint density at radius 1 is 1.40 bits per heavy atom. The average molecular weight is 340 g/mol. The molecule has 1 N–H and O–H groups in total. The van der Waals surface area contributed by atoms with Crippen LogP contribution in [0.15, 0.2) is 22.7 Å². The molecule has 1 aliphatic heterocycles. The van der Waals surface area contributed by atoms with Gasteiger partial charge in [-0.15, -0.1) is 0 Å². The summed E-state index contributed by atoms with van der Waals surface area (Å²) in [5.74, 6) is 1.30. The topological polar surface area (TPSA) is 47.6 Å². The van der Waals surface area contributed by atoms with Gasteiger partial charge in [-0.2, -0.15) is 0 Å². The van der Waals surface area contributed by atoms with Crippen LogP contribution in [0, 0.1) is 0 Å². The smallest absolute Gasteiger partial charge is 0.244 e. The lowest BCUT2D eigenvalue weighted by molar-refractivity contribution is -0.117. The van der Waals surface area contributed by atoms with Crippen molar-refractivity contribution in [2.24, 2.45) is 0 Å². The highest BCUT2D eigenvalue weighted by molar-refractivity contribution is 9.10. The zero-order valence-corrected chi connectivity index (χ0v) is 13.4. The molecule has 0 saturated carbocycles. The van der Waals surface area contributed by atoms with Gasteiger partial charge in [-0.05, 0) is 44.0 Å². The number of fused-ring (bicyclic) bond motifs is 1. The zero-order valence-electron chi connectivity index (χ0n) is 11.8. The molecule has 20 heavy (non-hydrogen) atoms. The van der Waals surface area contributed by atoms with Gasteiger partial charge in [0.2, 0.25) is 12.7 Å². The quantitative estimate of drug-likeness (QED) is 0.854. The van der Waals surface area contributed by atoms with Crippen molar-refractivity contribution < 1.29 is 14.3 Å². The van der Waals surface area contributed by atoms with E-state index in [0.717, 1.165) is 16.5 Å². The molecule has 0 aromatic heterocycles. The van der Waals surface area contributed by atoms with Crippen molar-refractivity contribution in [3.63, 3.8) is 0 Å². The number of carbonyl (C=O) groups excluding carboxylic acids is 1. The van der Waals surface area contributed by atoms with Gasteiger partial charge in [-0.1, -0.05) is 22.9 Å². The summed E-state index contributed by atoms with van der Waals surface area (Å²) in [6, 6.07) is 3.69. The molecule has 0 saturated heterocycles. The number of benzene rings is 1. The number of nitrogens with one attached hydrogen (secondary N) is 1. The fourth-order valence-corrected chi connectivity index (χ4v) is 2.14. The Morgan fingerprint density at radius 3 is 2.70 bits per heavy atom. The van der Waals surface area contributed by atoms with Crippen molar-refractivity contribution in [3.05, 3.63) is 28.2 Å². The van der Waals surface area contributed by atoms with Crippen LogP contribution in [0.2, 0.25) is 0 Å². The maximum atomic E-state index is 11.9. The SMILES string of the molecule is CCC(C)(C)NC(=O)C=Cc1cc2c(cc1Br)OCO2. The minimum atomic E-state index is -0.201. The summed E-state index contributed by atoms with van der Waals surface area (Å²) < 4.78 is 11.5. The van der Waals surface area contributed by atoms with E-state index in [2.05, 4.69) is 21.2 Å². The molecule has 0 aliphatic carbocycles. The maximum absolute atomic E-state index is 11.9. The lowest BCUT2D eigenvalue weighted by Crippen LogP contribution is -2.41. The summed E-state index contributed by atoms with van der Waals surface area (Å²) in [4.78, 5) is 11.9. The molecule has 1 aromatic rings. The standard InChI is InChI=1S/C15H18BrNO3/c1-4-15(2,3)17-14(18)6-5-10-7-12-13(8-11(10)16)20-9-19-12/h5-8H,4,9H2,1-3H3,(H,17,18). The molecular weight excluding hydrogens is 322 g/mol. The lowest BCUT2D eigenvalue weighted by Gasteiger charge is -2.23. The fraction of sp³-hybridized carbons (Fsp3) is 0.400. The predicted molar refractivity (Wildman–Crippen MR) is 81.8 cm³/mol. The predicted octanol–water partition coefficient (Wildman–Crippen LogP) is 3.50. The van der Waals surface area contributed by atoms with Crippen molar-refractivity contribution in [1.82, 2.24) is 5.32 Å². The minimum Gasteiger partial charge on any atom is -0.454 e. The molecule has 4 nitrogen and oxygen atoms in total. The highest BCUT2D eigenvalue weighted by Gasteiger charge is 2.17. The molecule has 1 aromatic carbocycles. The Bertz CT molecular complexity index is 552. The summed E-state index contributed by atoms with van der Waals surface area (Å²) in [7, 11) is 0. The van der Waals surface area contributed by atoms with Crippen LogP contribution in [0.1, 0.15) is 32.8 Å². The van der Waals surface area contributed by atoms with Gasteiger partial charge in [0, 0.05) is 16.1 Å². The van der Waals surface area contributed by atoms with Crippen LogP contribution in [0.25, 0.3) is 6.08 Å². The summed E-state index contributed by atoms with van der Waals surface area (Å²) in [5.41, 5.74) is 0.673. The third kappa shape index (κ3) is 3.54. The summed E-state index contributed by atoms with van der Waals surface area (Å²) >= 11 is 3.46. The molecule has 1 heterocycles. The number of ether oxygens (including phenoxy) is 2. The van der Waals surface area contributed by atoms with Crippen LogP contribution < -0.4 is 14.8 Å². The zero-order chi connectivity index (χ0) is 14.8. The van der Waals surface area contributed by atoms with E-state index in [4.69, 9.17) is 9.47 Å². The van der Waals surface area contributed by atoms with Gasteiger partial charge in [0.15, 0.2) is 11.5 Å². The van der Waals surface area contributed by atoms with Crippen LogP contribution >= 0.6 is 15.9 Å². The van der Waals surface area contributed by atoms with Gasteiger partial charge >= 0.3 is 0 Å². The van der Waals surface area contributed by atoms with Gasteiger partial charge in [-0.25, -0.2) is 0 Å². The first kappa shape index (κ1) is 14.9. The molecule has 1 aliphatic rings. The van der Waals surface area contributed by atoms with Gasteiger partial charge in [-0.3, -0.25) is 4.79 Å². The average Bonchev–Trinajstić information content (AvgIpc) is 2.82. The Labute approximate surface area is 127 Å². The summed E-state index contributed by atoms with van der Waals surface area (Å²) in [5, 5.41) is 2.95. The number of amides is 1. The monoisotopic (exact) mass is 339 g/mol. The van der Waals surface area contributed by atoms with Crippen molar-refractivity contribution in [1.29, 1.82) is 0 Å². The highest BCUT2D eigenvalue weighted by Crippen LogP contribution is 2.37. The van der Waals surface area contributed by atoms with E-state index in [1.54, 1.807) is 6.08 Å². The molecule has 0 unspecified atom stereocenters. The van der Waals surface area contributed by atoms with E-state index in [1.807, 2.05) is 32.9 Å². The molecule has 0 bridgehead atoms. The van der Waals surface area contributed by atoms with Crippen LogP contribution in [-0.2, 0) is 4.79 Å². The van der Waals surface area contributed by atoms with Crippen LogP contribution in [-0.4, -0.2) is 18.2 Å². The van der Waals surface area contributed by atoms with Gasteiger partial charge in [0.05, 0.1) is 0 Å². The van der Waals surface area contributed by atoms with Crippen LogP contribution in [0.5, 0.6) is 11.5 Å². The van der Waals surface area contributed by atoms with E-state index in [-0.39, 0.29) is 18.2 Å². The molecule has 0 radical (unpaired) electrons. The first-order valence-electron chi connectivity index (χ1n) is 6.50. The van der Waals surface area contributed by atoms with Gasteiger partial charge in [0.1, 0.15) is 0 Å². The Kier molecular flexibility index (Phi) is 4.38. The fourth-order valence-electron chi connectivity index (χ4n) is 1.69. The summed E-state index contributed by atoms with van der Waals surface area (Å²) in [6.45, 7) is 6.27. The van der Waals surface area contributed by atoms with Crippen molar-refractivity contribution in [3.8, 4) is 11.5 Å². The summed E-state index contributed by atoms with van der Waals surface area (Å²) in [6.07, 6.45) is 4.16. The van der Waals surface area contributed by atoms with E-state index < -0.39 is 0 Å². The van der Waals surface area contributed by atoms with E-state index in [9.17, 15) is 4.79 Å². The molecule has 1 amide bonds. The van der Waals surface area contributed by atoms with Gasteiger partial charge in [0.25, 0.3) is 0 Å². The van der Waals surface area contributed by atoms with E-state index >= 15 is 0 Å². The molecule has 0 atom stereocenters. The Morgan fingerprint density at radius 2 is 2.05 bits per heavy atom. The first-order valence-corrected chi connectivity index (χ1v) is 7.30. The normalized spacial score (nSPS) is 13.8. The van der Waals surface area contributed by atoms with Crippen LogP contribution in [0.3, 0.4) is 0 Å². The minimum absolute atomic E-state index is 0.110. The van der Waals surface area contributed by atoms with Gasteiger partial charge < -0.3 is 14.8 Å². The van der Waals surface area contributed by atoms with E-state index in [1.165, 1.54) is 6.08 Å². The first-order chi connectivity index (χ1) is 9.41. The highest BCUT2D eigenvalue weighted by atomic mass is 79.9. The molecule has 108 valence electrons. The van der Waals surface area contributed by atoms with Crippen molar-refractivity contribution >= 4 is 27.9 Å². The largest absolute Gasteiger partial charge is 0.454 e. The molecule has 0 fully saturated rings. The lowest BCUT2D eigenvalue weighted by atomic mass is 10.0. The number of hydrogen-bond donors (Lipinski definition) is 1. The molecule has 5 heteroatoms. The number of halogens is 1. The molecule has 0 spiro atoms. The van der Waals surface area contributed by atoms with E-state index in [0.29, 0.717) is 11.5 Å². The Hall–Kier alpha value is -1.49. The van der Waals surface area contributed by atoms with Crippen molar-refractivity contribution in [2.45, 2.75) is 32.7 Å². The second-order valence-corrected chi connectivity index (χ2v) is 6.14. The third-order valence-electron chi connectivity index (χ3n) is 3.25. The number of hydrogen-bond acceptors (Lipinski definition) is 3. The second-order valence-electron chi connectivity index (χ2n) is 5.29. The number of carbonyl (C=O) groups is 1. The second kappa shape index (κ2) is 5.87. The maximum Gasteiger partial charge on any atom is 0.244 e.